The Kier molecular flexibility index (Phi) is 5.53. The highest BCUT2D eigenvalue weighted by molar-refractivity contribution is 4.95. The van der Waals surface area contributed by atoms with Gasteiger partial charge in [-0.05, 0) is 14.0 Å². The normalized spacial score (nSPS) is 8.20. The van der Waals surface area contributed by atoms with Crippen molar-refractivity contribution in [1.82, 2.24) is 4.90 Å². The maximum Gasteiger partial charge on any atom is 0.0863 e. The Balaban J connectivity index is 3.29. The van der Waals surface area contributed by atoms with Crippen molar-refractivity contribution in [1.29, 1.82) is 5.26 Å². The summed E-state index contributed by atoms with van der Waals surface area (Å²) in [5, 5.41) is 8.27. The summed E-state index contributed by atoms with van der Waals surface area (Å²) in [6.45, 7) is 3.20. The number of hydrogen-bond donors (Lipinski definition) is 0. The molecule has 0 rings (SSSR count). The standard InChI is InChI=1S/C8H12N2/c1-3-4-5-7-10(2)8-6-9/h5,7-8H2,1-2H3. The van der Waals surface area contributed by atoms with Crippen molar-refractivity contribution in [2.75, 3.05) is 20.1 Å². The first-order valence-electron chi connectivity index (χ1n) is 3.26. The SMILES string of the molecule is CC#CCCN(C)CC#N. The number of rotatable bonds is 3. The van der Waals surface area contributed by atoms with E-state index in [1.807, 2.05) is 18.9 Å². The molecule has 2 heteroatoms. The first-order valence-corrected chi connectivity index (χ1v) is 3.26. The number of nitriles is 1. The summed E-state index contributed by atoms with van der Waals surface area (Å²) in [4.78, 5) is 1.95. The molecule has 0 heterocycles. The Morgan fingerprint density at radius 2 is 2.20 bits per heavy atom. The molecule has 0 aliphatic rings. The molecule has 0 atom stereocenters. The fourth-order valence-electron chi connectivity index (χ4n) is 0.572. The topological polar surface area (TPSA) is 27.0 Å². The van der Waals surface area contributed by atoms with Gasteiger partial charge in [-0.15, -0.1) is 11.8 Å². The van der Waals surface area contributed by atoms with Crippen LogP contribution in [0.15, 0.2) is 0 Å². The highest BCUT2D eigenvalue weighted by atomic mass is 15.1. The third kappa shape index (κ3) is 5.15. The van der Waals surface area contributed by atoms with Crippen LogP contribution in [0.2, 0.25) is 0 Å². The van der Waals surface area contributed by atoms with Gasteiger partial charge in [0.25, 0.3) is 0 Å². The average Bonchev–Trinajstić information content (AvgIpc) is 1.89. The van der Waals surface area contributed by atoms with Crippen LogP contribution in [-0.4, -0.2) is 25.0 Å². The Labute approximate surface area is 62.4 Å². The van der Waals surface area contributed by atoms with Crippen LogP contribution >= 0.6 is 0 Å². The quantitative estimate of drug-likeness (QED) is 0.425. The Hall–Kier alpha value is -0.990. The van der Waals surface area contributed by atoms with Gasteiger partial charge in [0.05, 0.1) is 12.6 Å². The van der Waals surface area contributed by atoms with Crippen LogP contribution in [0.3, 0.4) is 0 Å². The lowest BCUT2D eigenvalue weighted by Gasteiger charge is -2.08. The molecule has 0 spiro atoms. The van der Waals surface area contributed by atoms with Crippen LogP contribution in [0.25, 0.3) is 0 Å². The fourth-order valence-corrected chi connectivity index (χ4v) is 0.572. The molecule has 0 aliphatic carbocycles. The Morgan fingerprint density at radius 1 is 1.50 bits per heavy atom. The predicted octanol–water partition coefficient (Wildman–Crippen LogP) is 0.855. The van der Waals surface area contributed by atoms with E-state index in [1.54, 1.807) is 0 Å². The molecule has 10 heavy (non-hydrogen) atoms. The molecule has 0 aromatic heterocycles. The predicted molar refractivity (Wildman–Crippen MR) is 41.2 cm³/mol. The molecular formula is C8H12N2. The van der Waals surface area contributed by atoms with Crippen molar-refractivity contribution in [3.05, 3.63) is 0 Å². The van der Waals surface area contributed by atoms with Gasteiger partial charge in [-0.2, -0.15) is 5.26 Å². The van der Waals surface area contributed by atoms with E-state index in [9.17, 15) is 0 Å². The summed E-state index contributed by atoms with van der Waals surface area (Å²) >= 11 is 0. The van der Waals surface area contributed by atoms with Gasteiger partial charge in [0, 0.05) is 13.0 Å². The van der Waals surface area contributed by atoms with Gasteiger partial charge >= 0.3 is 0 Å². The van der Waals surface area contributed by atoms with Crippen molar-refractivity contribution in [2.24, 2.45) is 0 Å². The summed E-state index contributed by atoms with van der Waals surface area (Å²) < 4.78 is 0. The summed E-state index contributed by atoms with van der Waals surface area (Å²) in [7, 11) is 1.92. The van der Waals surface area contributed by atoms with Crippen LogP contribution in [0, 0.1) is 23.2 Å². The third-order valence-electron chi connectivity index (χ3n) is 1.14. The van der Waals surface area contributed by atoms with E-state index in [0.29, 0.717) is 6.54 Å². The Morgan fingerprint density at radius 3 is 2.70 bits per heavy atom. The molecule has 0 amide bonds. The minimum atomic E-state index is 0.491. The van der Waals surface area contributed by atoms with Crippen LogP contribution in [0.4, 0.5) is 0 Å². The van der Waals surface area contributed by atoms with Gasteiger partial charge in [-0.3, -0.25) is 4.90 Å². The van der Waals surface area contributed by atoms with Crippen LogP contribution in [0.5, 0.6) is 0 Å². The lowest BCUT2D eigenvalue weighted by Crippen LogP contribution is -2.19. The third-order valence-corrected chi connectivity index (χ3v) is 1.14. The van der Waals surface area contributed by atoms with Gasteiger partial charge < -0.3 is 0 Å². The molecule has 54 valence electrons. The van der Waals surface area contributed by atoms with Crippen molar-refractivity contribution in [2.45, 2.75) is 13.3 Å². The van der Waals surface area contributed by atoms with Crippen molar-refractivity contribution < 1.29 is 0 Å². The molecule has 0 N–H and O–H groups in total. The molecule has 0 aromatic carbocycles. The molecule has 0 aliphatic heterocycles. The molecule has 0 bridgehead atoms. The molecular weight excluding hydrogens is 124 g/mol. The highest BCUT2D eigenvalue weighted by Gasteiger charge is 1.92. The van der Waals surface area contributed by atoms with E-state index in [4.69, 9.17) is 5.26 Å². The molecule has 2 nitrogen and oxygen atoms in total. The van der Waals surface area contributed by atoms with E-state index >= 15 is 0 Å². The fraction of sp³-hybridized carbons (Fsp3) is 0.625. The van der Waals surface area contributed by atoms with Crippen LogP contribution in [-0.2, 0) is 0 Å². The summed E-state index contributed by atoms with van der Waals surface area (Å²) in [5.41, 5.74) is 0. The van der Waals surface area contributed by atoms with Crippen molar-refractivity contribution >= 4 is 0 Å². The van der Waals surface area contributed by atoms with Gasteiger partial charge in [-0.1, -0.05) is 0 Å². The van der Waals surface area contributed by atoms with Crippen LogP contribution < -0.4 is 0 Å². The Bertz CT molecular complexity index is 168. The van der Waals surface area contributed by atoms with E-state index in [2.05, 4.69) is 17.9 Å². The molecule has 0 fully saturated rings. The minimum Gasteiger partial charge on any atom is -0.293 e. The monoisotopic (exact) mass is 136 g/mol. The van der Waals surface area contributed by atoms with Gasteiger partial charge in [-0.25, -0.2) is 0 Å². The largest absolute Gasteiger partial charge is 0.293 e. The summed E-state index contributed by atoms with van der Waals surface area (Å²) in [6.07, 6.45) is 0.856. The maximum absolute atomic E-state index is 8.27. The minimum absolute atomic E-state index is 0.491. The smallest absolute Gasteiger partial charge is 0.0863 e. The molecule has 0 unspecified atom stereocenters. The summed E-state index contributed by atoms with van der Waals surface area (Å²) in [6, 6.07) is 2.07. The van der Waals surface area contributed by atoms with Gasteiger partial charge in [0.15, 0.2) is 0 Å². The number of nitrogens with zero attached hydrogens (tertiary/aromatic N) is 2. The first-order chi connectivity index (χ1) is 4.81. The average molecular weight is 136 g/mol. The van der Waals surface area contributed by atoms with Crippen LogP contribution in [0.1, 0.15) is 13.3 Å². The van der Waals surface area contributed by atoms with E-state index in [0.717, 1.165) is 13.0 Å². The zero-order chi connectivity index (χ0) is 7.82. The first kappa shape index (κ1) is 9.01. The van der Waals surface area contributed by atoms with E-state index < -0.39 is 0 Å². The van der Waals surface area contributed by atoms with Crippen molar-refractivity contribution in [3.8, 4) is 17.9 Å². The second kappa shape index (κ2) is 6.13. The molecule has 0 radical (unpaired) electrons. The van der Waals surface area contributed by atoms with Gasteiger partial charge in [0.2, 0.25) is 0 Å². The van der Waals surface area contributed by atoms with E-state index in [1.165, 1.54) is 0 Å². The van der Waals surface area contributed by atoms with E-state index in [-0.39, 0.29) is 0 Å². The number of hydrogen-bond acceptors (Lipinski definition) is 2. The highest BCUT2D eigenvalue weighted by Crippen LogP contribution is 1.83. The van der Waals surface area contributed by atoms with Gasteiger partial charge in [0.1, 0.15) is 0 Å². The zero-order valence-corrected chi connectivity index (χ0v) is 6.52. The maximum atomic E-state index is 8.27. The zero-order valence-electron chi connectivity index (χ0n) is 6.52. The molecule has 0 saturated heterocycles. The summed E-state index contributed by atoms with van der Waals surface area (Å²) in [5.74, 6) is 5.74. The lowest BCUT2D eigenvalue weighted by molar-refractivity contribution is 0.384. The second-order valence-electron chi connectivity index (χ2n) is 2.07. The van der Waals surface area contributed by atoms with Crippen molar-refractivity contribution in [3.63, 3.8) is 0 Å². The molecule has 0 saturated carbocycles. The second-order valence-corrected chi connectivity index (χ2v) is 2.07. The lowest BCUT2D eigenvalue weighted by atomic mass is 10.4. The molecule has 0 aromatic rings.